The Bertz CT molecular complexity index is 537. The Morgan fingerprint density at radius 2 is 1.74 bits per heavy atom. The number of aliphatic hydroxyl groups excluding tert-OH is 1. The highest BCUT2D eigenvalue weighted by Gasteiger charge is 2.15. The smallest absolute Gasteiger partial charge is 0.122 e. The number of hydrogen-bond donors (Lipinski definition) is 2. The molecule has 0 fully saturated rings. The topological polar surface area (TPSA) is 49.7 Å². The molecule has 0 heterocycles. The number of rotatable bonds is 5. The van der Waals surface area contributed by atoms with Gasteiger partial charge >= 0.3 is 0 Å². The van der Waals surface area contributed by atoms with Crippen LogP contribution in [-0.4, -0.2) is 23.4 Å². The second kappa shape index (κ2) is 6.25. The minimum Gasteiger partial charge on any atom is -0.508 e. The fraction of sp³-hybridized carbons (Fsp3) is 0.250. The molecule has 0 saturated carbocycles. The Balaban J connectivity index is 2.09. The summed E-state index contributed by atoms with van der Waals surface area (Å²) in [6.07, 6.45) is 0. The van der Waals surface area contributed by atoms with E-state index in [9.17, 15) is 10.2 Å². The number of aliphatic hydroxyl groups is 1. The molecular weight excluding hydrogens is 240 g/mol. The molecule has 3 heteroatoms. The van der Waals surface area contributed by atoms with Gasteiger partial charge < -0.3 is 14.9 Å². The number of ether oxygens (including phenoxy) is 1. The lowest BCUT2D eigenvalue weighted by molar-refractivity contribution is 0.202. The Morgan fingerprint density at radius 3 is 2.42 bits per heavy atom. The van der Waals surface area contributed by atoms with Crippen LogP contribution in [0.5, 0.6) is 11.5 Å². The van der Waals surface area contributed by atoms with E-state index in [1.54, 1.807) is 18.2 Å². The van der Waals surface area contributed by atoms with Gasteiger partial charge in [-0.1, -0.05) is 36.4 Å². The van der Waals surface area contributed by atoms with Crippen LogP contribution in [0.3, 0.4) is 0 Å². The molecule has 0 aromatic heterocycles. The summed E-state index contributed by atoms with van der Waals surface area (Å²) in [4.78, 5) is 0. The maximum absolute atomic E-state index is 9.80. The monoisotopic (exact) mass is 258 g/mol. The third kappa shape index (κ3) is 3.26. The molecule has 0 amide bonds. The molecule has 1 unspecified atom stereocenters. The highest BCUT2D eigenvalue weighted by molar-refractivity contribution is 5.36. The van der Waals surface area contributed by atoms with E-state index in [0.29, 0.717) is 12.2 Å². The molecule has 0 aliphatic heterocycles. The van der Waals surface area contributed by atoms with E-state index in [-0.39, 0.29) is 18.3 Å². The van der Waals surface area contributed by atoms with Gasteiger partial charge in [0.2, 0.25) is 0 Å². The summed E-state index contributed by atoms with van der Waals surface area (Å²) in [6.45, 7) is 2.24. The SMILES string of the molecule is Cc1ccccc1OCC(CO)c1ccccc1O. The Labute approximate surface area is 113 Å². The average molecular weight is 258 g/mol. The van der Waals surface area contributed by atoms with Crippen molar-refractivity contribution in [1.82, 2.24) is 0 Å². The summed E-state index contributed by atoms with van der Waals surface area (Å²) in [5.74, 6) is 0.757. The van der Waals surface area contributed by atoms with Crippen LogP contribution in [0.1, 0.15) is 17.0 Å². The van der Waals surface area contributed by atoms with Gasteiger partial charge in [-0.15, -0.1) is 0 Å². The van der Waals surface area contributed by atoms with Crippen LogP contribution in [-0.2, 0) is 0 Å². The van der Waals surface area contributed by atoms with Crippen molar-refractivity contribution in [3.63, 3.8) is 0 Å². The summed E-state index contributed by atoms with van der Waals surface area (Å²) in [6, 6.07) is 14.8. The molecule has 0 aliphatic carbocycles. The first-order valence-corrected chi connectivity index (χ1v) is 6.29. The maximum Gasteiger partial charge on any atom is 0.122 e. The van der Waals surface area contributed by atoms with E-state index in [1.807, 2.05) is 37.3 Å². The van der Waals surface area contributed by atoms with Gasteiger partial charge in [0.15, 0.2) is 0 Å². The highest BCUT2D eigenvalue weighted by atomic mass is 16.5. The summed E-state index contributed by atoms with van der Waals surface area (Å²) in [7, 11) is 0. The molecule has 2 aromatic carbocycles. The molecule has 0 spiro atoms. The zero-order valence-corrected chi connectivity index (χ0v) is 10.9. The molecule has 0 aliphatic rings. The Hall–Kier alpha value is -2.00. The van der Waals surface area contributed by atoms with Crippen molar-refractivity contribution >= 4 is 0 Å². The van der Waals surface area contributed by atoms with Crippen LogP contribution >= 0.6 is 0 Å². The number of phenols is 1. The molecule has 19 heavy (non-hydrogen) atoms. The van der Waals surface area contributed by atoms with Gasteiger partial charge in [0.05, 0.1) is 13.2 Å². The quantitative estimate of drug-likeness (QED) is 0.867. The Morgan fingerprint density at radius 1 is 1.05 bits per heavy atom. The number of para-hydroxylation sites is 2. The minimum atomic E-state index is -0.235. The normalized spacial score (nSPS) is 12.1. The lowest BCUT2D eigenvalue weighted by Crippen LogP contribution is -2.14. The lowest BCUT2D eigenvalue weighted by Gasteiger charge is -2.17. The average Bonchev–Trinajstić information content (AvgIpc) is 2.43. The molecule has 2 aromatic rings. The van der Waals surface area contributed by atoms with Crippen molar-refractivity contribution < 1.29 is 14.9 Å². The summed E-state index contributed by atoms with van der Waals surface area (Å²) in [5.41, 5.74) is 1.76. The first kappa shape index (κ1) is 13.4. The first-order chi connectivity index (χ1) is 9.22. The molecule has 2 rings (SSSR count). The van der Waals surface area contributed by atoms with E-state index in [2.05, 4.69) is 0 Å². The molecule has 0 radical (unpaired) electrons. The van der Waals surface area contributed by atoms with Gasteiger partial charge in [0.25, 0.3) is 0 Å². The number of benzene rings is 2. The van der Waals surface area contributed by atoms with Crippen molar-refractivity contribution in [2.45, 2.75) is 12.8 Å². The van der Waals surface area contributed by atoms with Crippen molar-refractivity contribution in [2.24, 2.45) is 0 Å². The van der Waals surface area contributed by atoms with E-state index >= 15 is 0 Å². The van der Waals surface area contributed by atoms with Crippen LogP contribution in [0, 0.1) is 6.92 Å². The third-order valence-corrected chi connectivity index (χ3v) is 3.13. The predicted octanol–water partition coefficient (Wildman–Crippen LogP) is 2.86. The van der Waals surface area contributed by atoms with Gasteiger partial charge in [0, 0.05) is 11.5 Å². The van der Waals surface area contributed by atoms with Crippen molar-refractivity contribution in [3.05, 3.63) is 59.7 Å². The van der Waals surface area contributed by atoms with Crippen LogP contribution < -0.4 is 4.74 Å². The number of aromatic hydroxyl groups is 1. The van der Waals surface area contributed by atoms with Gasteiger partial charge in [-0.3, -0.25) is 0 Å². The van der Waals surface area contributed by atoms with E-state index in [1.165, 1.54) is 0 Å². The van der Waals surface area contributed by atoms with Crippen LogP contribution in [0.4, 0.5) is 0 Å². The van der Waals surface area contributed by atoms with Gasteiger partial charge in [-0.25, -0.2) is 0 Å². The van der Waals surface area contributed by atoms with Crippen molar-refractivity contribution in [3.8, 4) is 11.5 Å². The van der Waals surface area contributed by atoms with Crippen LogP contribution in [0.2, 0.25) is 0 Å². The minimum absolute atomic E-state index is 0.0660. The van der Waals surface area contributed by atoms with Crippen LogP contribution in [0.25, 0.3) is 0 Å². The molecule has 100 valence electrons. The number of phenolic OH excluding ortho intramolecular Hbond substituents is 1. The zero-order chi connectivity index (χ0) is 13.7. The Kier molecular flexibility index (Phi) is 4.42. The molecule has 0 saturated heterocycles. The second-order valence-electron chi connectivity index (χ2n) is 4.51. The van der Waals surface area contributed by atoms with Crippen LogP contribution in [0.15, 0.2) is 48.5 Å². The van der Waals surface area contributed by atoms with E-state index < -0.39 is 0 Å². The van der Waals surface area contributed by atoms with E-state index in [0.717, 1.165) is 11.3 Å². The first-order valence-electron chi connectivity index (χ1n) is 6.29. The van der Waals surface area contributed by atoms with Crippen molar-refractivity contribution in [1.29, 1.82) is 0 Å². The fourth-order valence-corrected chi connectivity index (χ4v) is 1.98. The number of aryl methyl sites for hydroxylation is 1. The molecule has 3 nitrogen and oxygen atoms in total. The second-order valence-corrected chi connectivity index (χ2v) is 4.51. The summed E-state index contributed by atoms with van der Waals surface area (Å²) in [5, 5.41) is 19.3. The third-order valence-electron chi connectivity index (χ3n) is 3.13. The summed E-state index contributed by atoms with van der Waals surface area (Å²) >= 11 is 0. The largest absolute Gasteiger partial charge is 0.508 e. The predicted molar refractivity (Wildman–Crippen MR) is 74.6 cm³/mol. The highest BCUT2D eigenvalue weighted by Crippen LogP contribution is 2.26. The molecule has 0 bridgehead atoms. The van der Waals surface area contributed by atoms with Gasteiger partial charge in [-0.05, 0) is 24.6 Å². The van der Waals surface area contributed by atoms with Gasteiger partial charge in [0.1, 0.15) is 11.5 Å². The lowest BCUT2D eigenvalue weighted by atomic mass is 10.00. The molecular formula is C16H18O3. The molecule has 1 atom stereocenters. The standard InChI is InChI=1S/C16H18O3/c1-12-6-2-5-9-16(12)19-11-13(10-17)14-7-3-4-8-15(14)18/h2-9,13,17-18H,10-11H2,1H3. The molecule has 2 N–H and O–H groups in total. The van der Waals surface area contributed by atoms with E-state index in [4.69, 9.17) is 4.74 Å². The zero-order valence-electron chi connectivity index (χ0n) is 10.9. The number of hydrogen-bond acceptors (Lipinski definition) is 3. The summed E-state index contributed by atoms with van der Waals surface area (Å²) < 4.78 is 5.73. The van der Waals surface area contributed by atoms with Gasteiger partial charge in [-0.2, -0.15) is 0 Å². The van der Waals surface area contributed by atoms with Crippen molar-refractivity contribution in [2.75, 3.05) is 13.2 Å². The fourth-order valence-electron chi connectivity index (χ4n) is 1.98. The maximum atomic E-state index is 9.80.